The van der Waals surface area contributed by atoms with Crippen molar-refractivity contribution in [1.29, 1.82) is 0 Å². The summed E-state index contributed by atoms with van der Waals surface area (Å²) in [5, 5.41) is 19.6. The lowest BCUT2D eigenvalue weighted by Gasteiger charge is -2.35. The summed E-state index contributed by atoms with van der Waals surface area (Å²) < 4.78 is 46.0. The number of aliphatic hydroxyl groups excluding tert-OH is 1. The van der Waals surface area contributed by atoms with E-state index in [1.54, 1.807) is 51.1 Å². The van der Waals surface area contributed by atoms with Crippen molar-refractivity contribution in [3.8, 4) is 5.75 Å². The van der Waals surface area contributed by atoms with Gasteiger partial charge in [-0.15, -0.1) is 0 Å². The smallest absolute Gasteiger partial charge is 0.323 e. The summed E-state index contributed by atoms with van der Waals surface area (Å²) >= 11 is 0. The van der Waals surface area contributed by atoms with E-state index in [0.29, 0.717) is 30.2 Å². The molecule has 0 unspecified atom stereocenters. The van der Waals surface area contributed by atoms with Crippen molar-refractivity contribution in [3.63, 3.8) is 0 Å². The lowest BCUT2D eigenvalue weighted by Crippen LogP contribution is -2.48. The third-order valence-electron chi connectivity index (χ3n) is 8.41. The highest BCUT2D eigenvalue weighted by Gasteiger charge is 2.34. The first kappa shape index (κ1) is 36.8. The van der Waals surface area contributed by atoms with Crippen LogP contribution in [0.3, 0.4) is 0 Å². The molecular weight excluding hydrogens is 638 g/mol. The Morgan fingerprint density at radius 1 is 1.10 bits per heavy atom. The SMILES string of the molecule is Cc1noc(C)c1S(=O)(=O)N(C)C[C@@H]1OCCCC[C@@H](C)Oc2ccc(NC(=O)Nc3ccccc3)cc2C(=O)N([C@H](C)CO)C[C@@H]1C. The van der Waals surface area contributed by atoms with Crippen LogP contribution in [-0.2, 0) is 14.8 Å². The van der Waals surface area contributed by atoms with Crippen molar-refractivity contribution < 1.29 is 37.1 Å². The van der Waals surface area contributed by atoms with Crippen LogP contribution in [0.5, 0.6) is 5.75 Å². The van der Waals surface area contributed by atoms with Gasteiger partial charge in [0.15, 0.2) is 5.76 Å². The third kappa shape index (κ3) is 9.13. The maximum absolute atomic E-state index is 14.3. The number of fused-ring (bicyclic) bond motifs is 1. The predicted molar refractivity (Wildman–Crippen MR) is 182 cm³/mol. The molecular formula is C34H47N5O8S. The number of para-hydroxylation sites is 1. The number of nitrogens with zero attached hydrogens (tertiary/aromatic N) is 3. The molecule has 4 rings (SSSR count). The summed E-state index contributed by atoms with van der Waals surface area (Å²) in [6.07, 6.45) is 1.38. The number of likely N-dealkylation sites (N-methyl/N-ethyl adjacent to an activating group) is 1. The number of hydrogen-bond acceptors (Lipinski definition) is 9. The van der Waals surface area contributed by atoms with E-state index >= 15 is 0 Å². The number of urea groups is 1. The number of aromatic nitrogens is 1. The Hall–Kier alpha value is -3.98. The number of amides is 3. The van der Waals surface area contributed by atoms with Crippen LogP contribution < -0.4 is 15.4 Å². The number of rotatable bonds is 8. The maximum atomic E-state index is 14.3. The van der Waals surface area contributed by atoms with Gasteiger partial charge in [0.05, 0.1) is 30.4 Å². The van der Waals surface area contributed by atoms with Crippen LogP contribution in [0.1, 0.15) is 61.8 Å². The first-order valence-corrected chi connectivity index (χ1v) is 17.6. The van der Waals surface area contributed by atoms with Crippen molar-refractivity contribution >= 4 is 33.3 Å². The first-order chi connectivity index (χ1) is 22.8. The van der Waals surface area contributed by atoms with Crippen LogP contribution in [0.4, 0.5) is 16.2 Å². The number of hydrogen-bond donors (Lipinski definition) is 3. The molecule has 3 aromatic rings. The van der Waals surface area contributed by atoms with Crippen LogP contribution in [0.2, 0.25) is 0 Å². The molecule has 14 heteroatoms. The zero-order valence-electron chi connectivity index (χ0n) is 28.4. The summed E-state index contributed by atoms with van der Waals surface area (Å²) in [4.78, 5) is 28.7. The number of carbonyl (C=O) groups excluding carboxylic acids is 2. The van der Waals surface area contributed by atoms with Crippen molar-refractivity contribution in [2.45, 2.75) is 77.0 Å². The summed E-state index contributed by atoms with van der Waals surface area (Å²) in [5.74, 6) is -0.201. The van der Waals surface area contributed by atoms with E-state index in [0.717, 1.165) is 12.8 Å². The highest BCUT2D eigenvalue weighted by molar-refractivity contribution is 7.89. The van der Waals surface area contributed by atoms with E-state index in [2.05, 4.69) is 15.8 Å². The van der Waals surface area contributed by atoms with E-state index < -0.39 is 34.1 Å². The van der Waals surface area contributed by atoms with E-state index in [-0.39, 0.29) is 53.6 Å². The van der Waals surface area contributed by atoms with Crippen LogP contribution in [0.25, 0.3) is 0 Å². The number of ether oxygens (including phenoxy) is 2. The molecule has 4 atom stereocenters. The standard InChI is InChI=1S/C34H47N5O8S/c1-22-19-39(23(2)21-40)33(41)29-18-28(36-34(42)35-27-13-8-7-9-14-27)15-16-30(29)46-24(3)12-10-11-17-45-31(22)20-38(6)48(43,44)32-25(4)37-47-26(32)5/h7-9,13-16,18,22-24,31,40H,10-12,17,19-21H2,1-6H3,(H2,35,36,42)/t22-,23+,24+,31-/m0/s1. The second-order valence-electron chi connectivity index (χ2n) is 12.4. The molecule has 0 fully saturated rings. The minimum absolute atomic E-state index is 0.0177. The Morgan fingerprint density at radius 3 is 2.48 bits per heavy atom. The molecule has 1 aliphatic heterocycles. The van der Waals surface area contributed by atoms with Gasteiger partial charge in [0.25, 0.3) is 5.91 Å². The molecule has 2 heterocycles. The Labute approximate surface area is 282 Å². The molecule has 0 saturated heterocycles. The molecule has 0 saturated carbocycles. The Kier molecular flexibility index (Phi) is 12.6. The average molecular weight is 686 g/mol. The zero-order chi connectivity index (χ0) is 35.0. The van der Waals surface area contributed by atoms with Gasteiger partial charge in [-0.1, -0.05) is 30.3 Å². The maximum Gasteiger partial charge on any atom is 0.323 e. The largest absolute Gasteiger partial charge is 0.490 e. The lowest BCUT2D eigenvalue weighted by atomic mass is 10.0. The van der Waals surface area contributed by atoms with E-state index in [4.69, 9.17) is 14.0 Å². The molecule has 1 aliphatic rings. The first-order valence-electron chi connectivity index (χ1n) is 16.2. The molecule has 262 valence electrons. The number of nitrogens with one attached hydrogen (secondary N) is 2. The molecule has 1 aromatic heterocycles. The minimum atomic E-state index is -3.95. The lowest BCUT2D eigenvalue weighted by molar-refractivity contribution is -0.00835. The van der Waals surface area contributed by atoms with Crippen LogP contribution in [-0.4, -0.2) is 91.4 Å². The molecule has 3 N–H and O–H groups in total. The van der Waals surface area contributed by atoms with Gasteiger partial charge >= 0.3 is 6.03 Å². The van der Waals surface area contributed by atoms with Gasteiger partial charge in [0.2, 0.25) is 10.0 Å². The quantitative estimate of drug-likeness (QED) is 0.294. The second kappa shape index (κ2) is 16.4. The second-order valence-corrected chi connectivity index (χ2v) is 14.4. The Balaban J connectivity index is 1.64. The van der Waals surface area contributed by atoms with E-state index in [9.17, 15) is 23.1 Å². The zero-order valence-corrected chi connectivity index (χ0v) is 29.2. The van der Waals surface area contributed by atoms with E-state index in [1.165, 1.54) is 16.3 Å². The summed E-state index contributed by atoms with van der Waals surface area (Å²) in [6, 6.07) is 12.8. The fourth-order valence-corrected chi connectivity index (χ4v) is 7.09. The number of anilines is 2. The topological polar surface area (TPSA) is 164 Å². The van der Waals surface area contributed by atoms with Gasteiger partial charge in [-0.05, 0) is 77.3 Å². The van der Waals surface area contributed by atoms with Crippen molar-refractivity contribution in [3.05, 3.63) is 65.5 Å². The van der Waals surface area contributed by atoms with Gasteiger partial charge in [-0.3, -0.25) is 4.79 Å². The fraction of sp³-hybridized carbons (Fsp3) is 0.500. The van der Waals surface area contributed by atoms with Crippen molar-refractivity contribution in [2.75, 3.05) is 44.0 Å². The predicted octanol–water partition coefficient (Wildman–Crippen LogP) is 5.05. The fourth-order valence-electron chi connectivity index (χ4n) is 5.63. The Morgan fingerprint density at radius 2 is 1.81 bits per heavy atom. The third-order valence-corrected chi connectivity index (χ3v) is 10.5. The highest BCUT2D eigenvalue weighted by Crippen LogP contribution is 2.29. The summed E-state index contributed by atoms with van der Waals surface area (Å²) in [5.41, 5.74) is 1.49. The minimum Gasteiger partial charge on any atom is -0.490 e. The Bertz CT molecular complexity index is 1630. The van der Waals surface area contributed by atoms with Crippen LogP contribution >= 0.6 is 0 Å². The van der Waals surface area contributed by atoms with Crippen LogP contribution in [0.15, 0.2) is 57.9 Å². The van der Waals surface area contributed by atoms with Gasteiger partial charge in [0.1, 0.15) is 16.3 Å². The number of aliphatic hydroxyl groups is 1. The monoisotopic (exact) mass is 685 g/mol. The van der Waals surface area contributed by atoms with Crippen LogP contribution in [0, 0.1) is 19.8 Å². The molecule has 0 bridgehead atoms. The van der Waals surface area contributed by atoms with Gasteiger partial charge in [-0.2, -0.15) is 4.31 Å². The summed E-state index contributed by atoms with van der Waals surface area (Å²) in [7, 11) is -2.46. The van der Waals surface area contributed by atoms with Gasteiger partial charge in [-0.25, -0.2) is 13.2 Å². The van der Waals surface area contributed by atoms with E-state index in [1.807, 2.05) is 32.0 Å². The molecule has 2 aromatic carbocycles. The summed E-state index contributed by atoms with van der Waals surface area (Å²) in [6.45, 7) is 8.93. The normalized spacial score (nSPS) is 20.4. The number of aryl methyl sites for hydroxylation is 2. The molecule has 3 amide bonds. The highest BCUT2D eigenvalue weighted by atomic mass is 32.2. The number of benzene rings is 2. The number of sulfonamides is 1. The molecule has 0 spiro atoms. The van der Waals surface area contributed by atoms with Gasteiger partial charge < -0.3 is 34.6 Å². The average Bonchev–Trinajstić information content (AvgIpc) is 3.40. The van der Waals surface area contributed by atoms with Crippen molar-refractivity contribution in [1.82, 2.24) is 14.4 Å². The molecule has 13 nitrogen and oxygen atoms in total. The van der Waals surface area contributed by atoms with Gasteiger partial charge in [0, 0.05) is 44.0 Å². The number of carbonyl (C=O) groups is 2. The van der Waals surface area contributed by atoms with Crippen molar-refractivity contribution in [2.24, 2.45) is 5.92 Å². The molecule has 0 radical (unpaired) electrons. The molecule has 0 aliphatic carbocycles. The molecule has 48 heavy (non-hydrogen) atoms.